The molecule has 0 radical (unpaired) electrons. The van der Waals surface area contributed by atoms with Gasteiger partial charge in [0.15, 0.2) is 5.78 Å². The fourth-order valence-electron chi connectivity index (χ4n) is 3.22. The first-order chi connectivity index (χ1) is 12.2. The van der Waals surface area contributed by atoms with Crippen LogP contribution in [0.1, 0.15) is 42.5 Å². The highest BCUT2D eigenvalue weighted by Crippen LogP contribution is 2.35. The number of benzene rings is 2. The van der Waals surface area contributed by atoms with Crippen LogP contribution in [0.3, 0.4) is 0 Å². The second-order valence-electron chi connectivity index (χ2n) is 6.27. The Balaban J connectivity index is 1.95. The van der Waals surface area contributed by atoms with Gasteiger partial charge in [-0.3, -0.25) is 4.79 Å². The molecule has 0 fully saturated rings. The Morgan fingerprint density at radius 3 is 2.68 bits per heavy atom. The fraction of sp³-hybridized carbons (Fsp3) is 0.286. The number of rotatable bonds is 6. The van der Waals surface area contributed by atoms with Crippen LogP contribution in [-0.4, -0.2) is 12.8 Å². The Morgan fingerprint density at radius 1 is 1.16 bits per heavy atom. The topological polar surface area (TPSA) is 41.1 Å². The van der Waals surface area contributed by atoms with Crippen molar-refractivity contribution >= 4 is 27.3 Å². The number of hydrogen-bond acceptors (Lipinski definition) is 3. The van der Waals surface area contributed by atoms with Gasteiger partial charge in [0.25, 0.3) is 0 Å². The zero-order valence-corrected chi connectivity index (χ0v) is 16.2. The van der Waals surface area contributed by atoms with Crippen LogP contribution >= 0.6 is 15.9 Å². The summed E-state index contributed by atoms with van der Waals surface area (Å²) in [6, 6.07) is 15.8. The summed E-state index contributed by atoms with van der Waals surface area (Å²) in [6.07, 6.45) is 3.37. The van der Waals surface area contributed by atoms with Crippen LogP contribution in [-0.2, 0) is 11.2 Å². The van der Waals surface area contributed by atoms with E-state index in [4.69, 9.17) is 0 Å². The molecule has 1 unspecified atom stereocenters. The molecular formula is C21H23BrN2O. The van der Waals surface area contributed by atoms with Crippen molar-refractivity contribution in [2.45, 2.75) is 32.2 Å². The summed E-state index contributed by atoms with van der Waals surface area (Å²) in [5, 5.41) is 6.50. The van der Waals surface area contributed by atoms with Crippen LogP contribution in [0.5, 0.6) is 0 Å². The van der Waals surface area contributed by atoms with E-state index in [0.29, 0.717) is 0 Å². The maximum absolute atomic E-state index is 13.2. The third-order valence-corrected chi connectivity index (χ3v) is 5.27. The maximum atomic E-state index is 13.2. The molecule has 1 aliphatic heterocycles. The molecule has 1 atom stereocenters. The fourth-order valence-corrected chi connectivity index (χ4v) is 3.74. The van der Waals surface area contributed by atoms with E-state index in [0.717, 1.165) is 39.8 Å². The van der Waals surface area contributed by atoms with Crippen LogP contribution in [0.4, 0.5) is 0 Å². The van der Waals surface area contributed by atoms with Gasteiger partial charge in [-0.15, -0.1) is 0 Å². The van der Waals surface area contributed by atoms with Gasteiger partial charge in [-0.25, -0.2) is 0 Å². The summed E-state index contributed by atoms with van der Waals surface area (Å²) in [5.41, 5.74) is 3.95. The van der Waals surface area contributed by atoms with Crippen molar-refractivity contribution < 1.29 is 4.79 Å². The van der Waals surface area contributed by atoms with E-state index in [2.05, 4.69) is 45.6 Å². The van der Waals surface area contributed by atoms with E-state index >= 15 is 0 Å². The van der Waals surface area contributed by atoms with Gasteiger partial charge in [0.1, 0.15) is 11.9 Å². The van der Waals surface area contributed by atoms with Gasteiger partial charge in [-0.05, 0) is 35.6 Å². The largest absolute Gasteiger partial charge is 0.374 e. The first-order valence-corrected chi connectivity index (χ1v) is 9.51. The van der Waals surface area contributed by atoms with E-state index in [1.807, 2.05) is 43.4 Å². The molecule has 25 heavy (non-hydrogen) atoms. The van der Waals surface area contributed by atoms with Crippen LogP contribution in [0, 0.1) is 0 Å². The lowest BCUT2D eigenvalue weighted by atomic mass is 9.94. The minimum absolute atomic E-state index is 0.101. The summed E-state index contributed by atoms with van der Waals surface area (Å²) < 4.78 is 0.939. The quantitative estimate of drug-likeness (QED) is 0.747. The second-order valence-corrected chi connectivity index (χ2v) is 7.12. The number of Topliss-reactive ketones (excluding diaryl/α,β-unsaturated/α-hetero) is 1. The van der Waals surface area contributed by atoms with E-state index in [9.17, 15) is 4.79 Å². The lowest BCUT2D eigenvalue weighted by Crippen LogP contribution is -2.24. The van der Waals surface area contributed by atoms with Crippen molar-refractivity contribution in [2.75, 3.05) is 7.05 Å². The first kappa shape index (κ1) is 17.7. The molecule has 2 aromatic carbocycles. The lowest BCUT2D eigenvalue weighted by molar-refractivity contribution is -0.114. The predicted octanol–water partition coefficient (Wildman–Crippen LogP) is 4.59. The normalized spacial score (nSPS) is 16.9. The average Bonchev–Trinajstić information content (AvgIpc) is 2.97. The van der Waals surface area contributed by atoms with Gasteiger partial charge >= 0.3 is 0 Å². The third kappa shape index (κ3) is 3.64. The summed E-state index contributed by atoms with van der Waals surface area (Å²) in [5.74, 6) is 0.891. The zero-order chi connectivity index (χ0) is 17.8. The van der Waals surface area contributed by atoms with Gasteiger partial charge in [0.2, 0.25) is 0 Å². The molecule has 130 valence electrons. The van der Waals surface area contributed by atoms with Crippen molar-refractivity contribution in [2.24, 2.45) is 0 Å². The number of carbonyl (C=O) groups excluding carboxylic acids is 1. The summed E-state index contributed by atoms with van der Waals surface area (Å²) in [4.78, 5) is 13.2. The maximum Gasteiger partial charge on any atom is 0.193 e. The minimum Gasteiger partial charge on any atom is -0.374 e. The van der Waals surface area contributed by atoms with E-state index in [1.54, 1.807) is 0 Å². The highest BCUT2D eigenvalue weighted by molar-refractivity contribution is 9.10. The van der Waals surface area contributed by atoms with Crippen molar-refractivity contribution in [1.82, 2.24) is 10.6 Å². The molecule has 0 bridgehead atoms. The zero-order valence-electron chi connectivity index (χ0n) is 14.6. The molecule has 1 heterocycles. The van der Waals surface area contributed by atoms with E-state index in [-0.39, 0.29) is 11.8 Å². The number of halogens is 1. The molecule has 0 saturated heterocycles. The standard InChI is InChI=1S/C21H23BrN2O/c1-3-4-8-14-9-7-10-15(13-14)18-20(25)19(24-21(18)23-2)16-11-5-6-12-17(16)22/h5-7,9-13,19,23-24H,3-4,8H2,1-2H3. The Labute approximate surface area is 157 Å². The number of unbranched alkanes of at least 4 members (excludes halogenated alkanes) is 1. The molecular weight excluding hydrogens is 376 g/mol. The number of ketones is 1. The molecule has 0 spiro atoms. The van der Waals surface area contributed by atoms with Crippen LogP contribution in [0.25, 0.3) is 5.57 Å². The molecule has 0 saturated carbocycles. The van der Waals surface area contributed by atoms with E-state index in [1.165, 1.54) is 12.0 Å². The third-order valence-electron chi connectivity index (χ3n) is 4.55. The number of nitrogens with one attached hydrogen (secondary N) is 2. The SMILES string of the molecule is CCCCc1cccc(C2=C(NC)NC(c3ccccc3Br)C2=O)c1. The highest BCUT2D eigenvalue weighted by Gasteiger charge is 2.35. The smallest absolute Gasteiger partial charge is 0.193 e. The molecule has 0 aromatic heterocycles. The average molecular weight is 399 g/mol. The molecule has 2 N–H and O–H groups in total. The first-order valence-electron chi connectivity index (χ1n) is 8.72. The highest BCUT2D eigenvalue weighted by atomic mass is 79.9. The molecule has 2 aromatic rings. The second kappa shape index (κ2) is 7.87. The van der Waals surface area contributed by atoms with Gasteiger partial charge in [0.05, 0.1) is 5.57 Å². The van der Waals surface area contributed by atoms with E-state index < -0.39 is 0 Å². The summed E-state index contributed by atoms with van der Waals surface area (Å²) in [6.45, 7) is 2.19. The van der Waals surface area contributed by atoms with Gasteiger partial charge in [0, 0.05) is 11.5 Å². The van der Waals surface area contributed by atoms with Gasteiger partial charge in [-0.1, -0.05) is 71.7 Å². The Bertz CT molecular complexity index is 813. The molecule has 0 aliphatic carbocycles. The van der Waals surface area contributed by atoms with Crippen LogP contribution in [0.15, 0.2) is 58.8 Å². The monoisotopic (exact) mass is 398 g/mol. The Kier molecular flexibility index (Phi) is 5.59. The molecule has 1 aliphatic rings. The number of aryl methyl sites for hydroxylation is 1. The Morgan fingerprint density at radius 2 is 1.96 bits per heavy atom. The molecule has 3 rings (SSSR count). The number of hydrogen-bond donors (Lipinski definition) is 2. The van der Waals surface area contributed by atoms with Gasteiger partial charge < -0.3 is 10.6 Å². The molecule has 0 amide bonds. The minimum atomic E-state index is -0.368. The summed E-state index contributed by atoms with van der Waals surface area (Å²) >= 11 is 3.56. The molecule has 3 nitrogen and oxygen atoms in total. The Hall–Kier alpha value is -2.07. The van der Waals surface area contributed by atoms with Crippen molar-refractivity contribution in [3.8, 4) is 0 Å². The summed E-state index contributed by atoms with van der Waals surface area (Å²) in [7, 11) is 1.85. The van der Waals surface area contributed by atoms with Crippen molar-refractivity contribution in [1.29, 1.82) is 0 Å². The predicted molar refractivity (Wildman–Crippen MR) is 106 cm³/mol. The van der Waals surface area contributed by atoms with Crippen LogP contribution < -0.4 is 10.6 Å². The van der Waals surface area contributed by atoms with Crippen LogP contribution in [0.2, 0.25) is 0 Å². The van der Waals surface area contributed by atoms with Crippen molar-refractivity contribution in [3.63, 3.8) is 0 Å². The number of carbonyl (C=O) groups is 1. The van der Waals surface area contributed by atoms with Crippen molar-refractivity contribution in [3.05, 3.63) is 75.5 Å². The molecule has 4 heteroatoms. The van der Waals surface area contributed by atoms with Gasteiger partial charge in [-0.2, -0.15) is 0 Å². The lowest BCUT2D eigenvalue weighted by Gasteiger charge is -2.13.